The third-order valence-electron chi connectivity index (χ3n) is 5.47. The number of hydrogen-bond donors (Lipinski definition) is 1. The van der Waals surface area contributed by atoms with E-state index in [9.17, 15) is 9.59 Å². The molecule has 1 aromatic rings. The van der Waals surface area contributed by atoms with Gasteiger partial charge in [0.1, 0.15) is 6.04 Å². The van der Waals surface area contributed by atoms with Gasteiger partial charge in [0.2, 0.25) is 11.8 Å². The first-order valence-corrected chi connectivity index (χ1v) is 9.05. The molecule has 1 aliphatic heterocycles. The van der Waals surface area contributed by atoms with Gasteiger partial charge in [0, 0.05) is 25.0 Å². The van der Waals surface area contributed by atoms with Crippen molar-refractivity contribution >= 4 is 11.8 Å². The smallest absolute Gasteiger partial charge is 0.243 e. The Labute approximate surface area is 143 Å². The van der Waals surface area contributed by atoms with Gasteiger partial charge < -0.3 is 10.2 Å². The molecule has 1 spiro atoms. The van der Waals surface area contributed by atoms with Gasteiger partial charge in [-0.15, -0.1) is 0 Å². The van der Waals surface area contributed by atoms with Crippen molar-refractivity contribution in [3.63, 3.8) is 0 Å². The quantitative estimate of drug-likeness (QED) is 0.843. The van der Waals surface area contributed by atoms with Crippen molar-refractivity contribution in [3.8, 4) is 0 Å². The lowest BCUT2D eigenvalue weighted by atomic mass is 9.61. The van der Waals surface area contributed by atoms with Gasteiger partial charge in [-0.1, -0.05) is 19.3 Å². The molecule has 1 saturated heterocycles. The third-order valence-corrected chi connectivity index (χ3v) is 5.47. The first-order valence-electron chi connectivity index (χ1n) is 9.05. The van der Waals surface area contributed by atoms with E-state index >= 15 is 0 Å². The maximum atomic E-state index is 12.8. The highest BCUT2D eigenvalue weighted by molar-refractivity contribution is 6.02. The van der Waals surface area contributed by atoms with Crippen LogP contribution < -0.4 is 5.32 Å². The molecule has 1 aromatic heterocycles. The maximum absolute atomic E-state index is 12.8. The van der Waals surface area contributed by atoms with Gasteiger partial charge in [-0.3, -0.25) is 14.6 Å². The summed E-state index contributed by atoms with van der Waals surface area (Å²) in [6.07, 6.45) is 9.31. The second-order valence-electron chi connectivity index (χ2n) is 7.32. The Kier molecular flexibility index (Phi) is 4.88. The molecule has 2 heterocycles. The predicted molar refractivity (Wildman–Crippen MR) is 92.2 cm³/mol. The van der Waals surface area contributed by atoms with Gasteiger partial charge in [-0.2, -0.15) is 0 Å². The lowest BCUT2D eigenvalue weighted by Crippen LogP contribution is -2.75. The van der Waals surface area contributed by atoms with Crippen LogP contribution in [0.3, 0.4) is 0 Å². The van der Waals surface area contributed by atoms with Crippen LogP contribution in [0.25, 0.3) is 0 Å². The molecule has 0 aromatic carbocycles. The zero-order valence-corrected chi connectivity index (χ0v) is 14.6. The van der Waals surface area contributed by atoms with Gasteiger partial charge in [-0.05, 0) is 50.8 Å². The second kappa shape index (κ2) is 6.91. The summed E-state index contributed by atoms with van der Waals surface area (Å²) in [7, 11) is 0. The average molecular weight is 329 g/mol. The molecule has 1 unspecified atom stereocenters. The molecule has 5 heteroatoms. The number of pyridine rings is 1. The number of hydrogen-bond acceptors (Lipinski definition) is 3. The van der Waals surface area contributed by atoms with Crippen LogP contribution in [0.15, 0.2) is 24.5 Å². The fraction of sp³-hybridized carbons (Fsp3) is 0.632. The highest BCUT2D eigenvalue weighted by atomic mass is 16.2. The molecule has 2 amide bonds. The number of aromatic nitrogens is 1. The van der Waals surface area contributed by atoms with Crippen molar-refractivity contribution in [3.05, 3.63) is 30.1 Å². The summed E-state index contributed by atoms with van der Waals surface area (Å²) >= 11 is 0. The Bertz CT molecular complexity index is 594. The number of nitrogens with zero attached hydrogens (tertiary/aromatic N) is 2. The Morgan fingerprint density at radius 3 is 2.58 bits per heavy atom. The number of carbonyl (C=O) groups excluding carboxylic acids is 2. The summed E-state index contributed by atoms with van der Waals surface area (Å²) < 4.78 is 0. The van der Waals surface area contributed by atoms with Crippen LogP contribution in [0.2, 0.25) is 0 Å². The number of nitrogens with one attached hydrogen (secondary N) is 1. The van der Waals surface area contributed by atoms with Crippen molar-refractivity contribution < 1.29 is 9.59 Å². The van der Waals surface area contributed by atoms with E-state index in [4.69, 9.17) is 0 Å². The molecule has 24 heavy (non-hydrogen) atoms. The van der Waals surface area contributed by atoms with Crippen LogP contribution in [0.4, 0.5) is 0 Å². The monoisotopic (exact) mass is 329 g/mol. The second-order valence-corrected chi connectivity index (χ2v) is 7.32. The van der Waals surface area contributed by atoms with Crippen molar-refractivity contribution in [2.24, 2.45) is 5.41 Å². The first kappa shape index (κ1) is 16.9. The molecule has 1 saturated carbocycles. The molecule has 0 bridgehead atoms. The van der Waals surface area contributed by atoms with Gasteiger partial charge in [0.25, 0.3) is 0 Å². The normalized spacial score (nSPS) is 22.5. The van der Waals surface area contributed by atoms with Gasteiger partial charge >= 0.3 is 0 Å². The lowest BCUT2D eigenvalue weighted by Gasteiger charge is -2.58. The predicted octanol–water partition coefficient (Wildman–Crippen LogP) is 2.31. The summed E-state index contributed by atoms with van der Waals surface area (Å²) in [6.45, 7) is 4.57. The van der Waals surface area contributed by atoms with Crippen LogP contribution in [0.5, 0.6) is 0 Å². The zero-order chi connectivity index (χ0) is 17.2. The van der Waals surface area contributed by atoms with Crippen LogP contribution in [-0.4, -0.2) is 40.3 Å². The van der Waals surface area contributed by atoms with Crippen molar-refractivity contribution in [1.82, 2.24) is 15.2 Å². The number of β-lactam (4-membered cyclic amide) rings is 1. The maximum Gasteiger partial charge on any atom is 0.243 e. The molecule has 2 fully saturated rings. The molecule has 2 aliphatic rings. The summed E-state index contributed by atoms with van der Waals surface area (Å²) in [4.78, 5) is 31.3. The Morgan fingerprint density at radius 2 is 1.96 bits per heavy atom. The van der Waals surface area contributed by atoms with Gasteiger partial charge in [-0.25, -0.2) is 0 Å². The van der Waals surface area contributed by atoms with E-state index in [0.29, 0.717) is 6.54 Å². The van der Waals surface area contributed by atoms with E-state index in [2.05, 4.69) is 10.3 Å². The highest BCUT2D eigenvalue weighted by Gasteiger charge is 2.63. The van der Waals surface area contributed by atoms with Crippen LogP contribution in [0, 0.1) is 5.41 Å². The molecule has 3 rings (SSSR count). The van der Waals surface area contributed by atoms with Crippen LogP contribution in [-0.2, 0) is 16.0 Å². The SMILES string of the molecule is CC(C)N1C(=O)C2(CCCCC2)C1C(=O)NCCc1ccncc1. The number of likely N-dealkylation sites (tertiary alicyclic amines) is 1. The highest BCUT2D eigenvalue weighted by Crippen LogP contribution is 2.50. The number of amides is 2. The summed E-state index contributed by atoms with van der Waals surface area (Å²) in [5.74, 6) is 0.200. The fourth-order valence-electron chi connectivity index (χ4n) is 4.25. The van der Waals surface area contributed by atoms with E-state index in [-0.39, 0.29) is 23.9 Å². The van der Waals surface area contributed by atoms with Crippen molar-refractivity contribution in [1.29, 1.82) is 0 Å². The Balaban J connectivity index is 1.65. The van der Waals surface area contributed by atoms with E-state index in [1.165, 1.54) is 6.42 Å². The summed E-state index contributed by atoms with van der Waals surface area (Å²) in [6, 6.07) is 3.70. The van der Waals surface area contributed by atoms with E-state index in [1.807, 2.05) is 26.0 Å². The fourth-order valence-corrected chi connectivity index (χ4v) is 4.25. The summed E-state index contributed by atoms with van der Waals surface area (Å²) in [5.41, 5.74) is 0.728. The number of rotatable bonds is 5. The topological polar surface area (TPSA) is 62.3 Å². The van der Waals surface area contributed by atoms with Crippen LogP contribution in [0.1, 0.15) is 51.5 Å². The molecule has 1 aliphatic carbocycles. The standard InChI is InChI=1S/C19H27N3O2/c1-14(2)22-16(19(18(22)24)9-4-3-5-10-19)17(23)21-13-8-15-6-11-20-12-7-15/h6-7,11-12,14,16H,3-5,8-10,13H2,1-2H3,(H,21,23). The lowest BCUT2D eigenvalue weighted by molar-refractivity contribution is -0.185. The van der Waals surface area contributed by atoms with E-state index in [1.54, 1.807) is 17.3 Å². The molecule has 0 radical (unpaired) electrons. The van der Waals surface area contributed by atoms with Crippen LogP contribution >= 0.6 is 0 Å². The zero-order valence-electron chi connectivity index (χ0n) is 14.6. The van der Waals surface area contributed by atoms with Gasteiger partial charge in [0.15, 0.2) is 0 Å². The molecular formula is C19H27N3O2. The largest absolute Gasteiger partial charge is 0.354 e. The van der Waals surface area contributed by atoms with E-state index in [0.717, 1.165) is 37.7 Å². The average Bonchev–Trinajstić information content (AvgIpc) is 2.60. The van der Waals surface area contributed by atoms with E-state index < -0.39 is 5.41 Å². The first-order chi connectivity index (χ1) is 11.6. The van der Waals surface area contributed by atoms with Crippen molar-refractivity contribution in [2.45, 2.75) is 64.5 Å². The minimum Gasteiger partial charge on any atom is -0.354 e. The minimum atomic E-state index is -0.427. The molecule has 5 nitrogen and oxygen atoms in total. The number of carbonyl (C=O) groups is 2. The third kappa shape index (κ3) is 2.92. The Hall–Kier alpha value is -1.91. The summed E-state index contributed by atoms with van der Waals surface area (Å²) in [5, 5.41) is 3.06. The Morgan fingerprint density at radius 1 is 1.29 bits per heavy atom. The molecule has 1 atom stereocenters. The molecular weight excluding hydrogens is 302 g/mol. The molecule has 1 N–H and O–H groups in total. The molecule has 130 valence electrons. The van der Waals surface area contributed by atoms with Crippen molar-refractivity contribution in [2.75, 3.05) is 6.54 Å². The minimum absolute atomic E-state index is 0.0132. The van der Waals surface area contributed by atoms with Gasteiger partial charge in [0.05, 0.1) is 5.41 Å².